The second-order valence-electron chi connectivity index (χ2n) is 5.33. The normalized spacial score (nSPS) is 24.3. The van der Waals surface area contributed by atoms with Crippen LogP contribution in [-0.4, -0.2) is 42.9 Å². The molecule has 0 aromatic heterocycles. The lowest BCUT2D eigenvalue weighted by atomic mass is 10.1. The lowest BCUT2D eigenvalue weighted by Crippen LogP contribution is -2.37. The molecule has 2 aliphatic rings. The predicted molar refractivity (Wildman–Crippen MR) is 82.5 cm³/mol. The van der Waals surface area contributed by atoms with Gasteiger partial charge in [-0.1, -0.05) is 23.2 Å². The van der Waals surface area contributed by atoms with Gasteiger partial charge in [0.2, 0.25) is 14.4 Å². The van der Waals surface area contributed by atoms with E-state index >= 15 is 0 Å². The molecule has 1 fully saturated rings. The minimum absolute atomic E-state index is 0.00813. The Balaban J connectivity index is 2.04. The number of nitrogens with one attached hydrogen (secondary N) is 1. The van der Waals surface area contributed by atoms with Crippen molar-refractivity contribution in [2.45, 2.75) is 28.1 Å². The van der Waals surface area contributed by atoms with E-state index in [2.05, 4.69) is 5.32 Å². The maximum absolute atomic E-state index is 12.7. The first-order chi connectivity index (χ1) is 10.3. The minimum atomic E-state index is -3.77. The average Bonchev–Trinajstić information content (AvgIpc) is 3.03. The molecule has 6 nitrogen and oxygen atoms in total. The number of anilines is 1. The van der Waals surface area contributed by atoms with Gasteiger partial charge in [0.15, 0.2) is 0 Å². The lowest BCUT2D eigenvalue weighted by molar-refractivity contribution is -0.116. The van der Waals surface area contributed by atoms with Crippen molar-refractivity contribution in [3.8, 4) is 0 Å². The van der Waals surface area contributed by atoms with Crippen LogP contribution in [-0.2, 0) is 19.2 Å². The number of carbonyl (C=O) groups is 1. The molecule has 9 heteroatoms. The summed E-state index contributed by atoms with van der Waals surface area (Å²) < 4.78 is 24.9. The van der Waals surface area contributed by atoms with Gasteiger partial charge in [-0.15, -0.1) is 0 Å². The fourth-order valence-electron chi connectivity index (χ4n) is 2.82. The molecule has 0 radical (unpaired) electrons. The molecule has 1 saturated heterocycles. The monoisotopic (exact) mass is 364 g/mol. The molecule has 1 aromatic carbocycles. The number of benzene rings is 1. The number of aliphatic hydroxyl groups is 1. The summed E-state index contributed by atoms with van der Waals surface area (Å²) >= 11 is 12.0. The molecule has 2 N–H and O–H groups in total. The van der Waals surface area contributed by atoms with Crippen LogP contribution in [0.3, 0.4) is 0 Å². The van der Waals surface area contributed by atoms with E-state index in [1.807, 2.05) is 0 Å². The Morgan fingerprint density at radius 2 is 2.14 bits per heavy atom. The number of alkyl halides is 2. The van der Waals surface area contributed by atoms with Crippen molar-refractivity contribution in [1.82, 2.24) is 4.31 Å². The Morgan fingerprint density at radius 1 is 1.41 bits per heavy atom. The molecule has 1 aromatic rings. The van der Waals surface area contributed by atoms with Crippen LogP contribution in [0.1, 0.15) is 18.4 Å². The summed E-state index contributed by atoms with van der Waals surface area (Å²) in [5, 5.41) is 11.8. The zero-order chi connectivity index (χ0) is 16.1. The first kappa shape index (κ1) is 16.0. The molecule has 3 rings (SSSR count). The first-order valence-electron chi connectivity index (χ1n) is 6.75. The lowest BCUT2D eigenvalue weighted by Gasteiger charge is -2.23. The highest BCUT2D eigenvalue weighted by Crippen LogP contribution is 2.45. The van der Waals surface area contributed by atoms with E-state index in [9.17, 15) is 18.3 Å². The number of fused-ring (bicyclic) bond motifs is 1. The van der Waals surface area contributed by atoms with Crippen LogP contribution >= 0.6 is 23.2 Å². The number of hydrogen-bond donors (Lipinski definition) is 2. The molecule has 0 bridgehead atoms. The van der Waals surface area contributed by atoms with E-state index in [1.54, 1.807) is 0 Å². The van der Waals surface area contributed by atoms with Gasteiger partial charge >= 0.3 is 0 Å². The number of halogens is 2. The number of sulfonamides is 1. The topological polar surface area (TPSA) is 86.7 Å². The van der Waals surface area contributed by atoms with Crippen molar-refractivity contribution in [1.29, 1.82) is 0 Å². The zero-order valence-electron chi connectivity index (χ0n) is 11.4. The summed E-state index contributed by atoms with van der Waals surface area (Å²) in [6, 6.07) is 3.76. The Bertz CT molecular complexity index is 736. The number of aliphatic hydroxyl groups excluding tert-OH is 1. The third kappa shape index (κ3) is 2.32. The van der Waals surface area contributed by atoms with Gasteiger partial charge in [0.05, 0.1) is 11.5 Å². The minimum Gasteiger partial charge on any atom is -0.395 e. The Morgan fingerprint density at radius 3 is 2.82 bits per heavy atom. The third-order valence-corrected chi connectivity index (χ3v) is 6.70. The molecule has 2 aliphatic heterocycles. The molecule has 1 amide bonds. The van der Waals surface area contributed by atoms with Crippen LogP contribution in [0.5, 0.6) is 0 Å². The van der Waals surface area contributed by atoms with E-state index < -0.39 is 26.3 Å². The van der Waals surface area contributed by atoms with Gasteiger partial charge in [0, 0.05) is 23.8 Å². The number of rotatable bonds is 3. The summed E-state index contributed by atoms with van der Waals surface area (Å²) in [5.41, 5.74) is 0.621. The second-order valence-corrected chi connectivity index (χ2v) is 8.55. The van der Waals surface area contributed by atoms with Crippen molar-refractivity contribution < 1.29 is 18.3 Å². The van der Waals surface area contributed by atoms with E-state index in [-0.39, 0.29) is 17.1 Å². The summed E-state index contributed by atoms with van der Waals surface area (Å²) in [6.45, 7) is 0.133. The highest BCUT2D eigenvalue weighted by molar-refractivity contribution is 7.89. The van der Waals surface area contributed by atoms with Gasteiger partial charge in [-0.2, -0.15) is 4.31 Å². The maximum atomic E-state index is 12.7. The van der Waals surface area contributed by atoms with Gasteiger partial charge in [-0.3, -0.25) is 4.79 Å². The highest BCUT2D eigenvalue weighted by Gasteiger charge is 2.45. The van der Waals surface area contributed by atoms with Crippen LogP contribution < -0.4 is 5.32 Å². The third-order valence-electron chi connectivity index (χ3n) is 4.00. The molecule has 0 spiro atoms. The van der Waals surface area contributed by atoms with E-state index in [4.69, 9.17) is 23.2 Å². The van der Waals surface area contributed by atoms with E-state index in [0.717, 1.165) is 0 Å². The quantitative estimate of drug-likeness (QED) is 0.794. The number of amides is 1. The Hall–Kier alpha value is -0.860. The molecule has 0 aliphatic carbocycles. The van der Waals surface area contributed by atoms with Crippen molar-refractivity contribution in [3.63, 3.8) is 0 Å². The predicted octanol–water partition coefficient (Wildman–Crippen LogP) is 1.41. The summed E-state index contributed by atoms with van der Waals surface area (Å²) in [5.74, 6) is -0.602. The molecular weight excluding hydrogens is 351 g/mol. The Kier molecular flexibility index (Phi) is 3.89. The maximum Gasteiger partial charge on any atom is 0.265 e. The van der Waals surface area contributed by atoms with Crippen molar-refractivity contribution in [3.05, 3.63) is 23.8 Å². The summed E-state index contributed by atoms with van der Waals surface area (Å²) in [4.78, 5) is 11.7. The van der Waals surface area contributed by atoms with E-state index in [0.29, 0.717) is 25.1 Å². The van der Waals surface area contributed by atoms with Crippen molar-refractivity contribution >= 4 is 44.8 Å². The van der Waals surface area contributed by atoms with Crippen molar-refractivity contribution in [2.24, 2.45) is 0 Å². The number of carbonyl (C=O) groups excluding carboxylic acids is 1. The molecule has 0 unspecified atom stereocenters. The standard InChI is InChI=1S/C13H14Cl2N2O4S/c14-13(15)10-6-9(3-4-11(10)16-12(13)19)22(20,21)17-5-1-2-8(17)7-18/h3-4,6,8,18H,1-2,5,7H2,(H,16,19)/t8-/m1/s1. The van der Waals surface area contributed by atoms with Gasteiger partial charge in [0.25, 0.3) is 5.91 Å². The van der Waals surface area contributed by atoms with Crippen LogP contribution in [0.4, 0.5) is 5.69 Å². The van der Waals surface area contributed by atoms with Crippen molar-refractivity contribution in [2.75, 3.05) is 18.5 Å². The number of hydrogen-bond acceptors (Lipinski definition) is 4. The van der Waals surface area contributed by atoms with Crippen LogP contribution in [0.2, 0.25) is 0 Å². The zero-order valence-corrected chi connectivity index (χ0v) is 13.7. The SMILES string of the molecule is O=C1Nc2ccc(S(=O)(=O)N3CCC[C@@H]3CO)cc2C1(Cl)Cl. The fraction of sp³-hybridized carbons (Fsp3) is 0.462. The van der Waals surface area contributed by atoms with Crippen LogP contribution in [0.15, 0.2) is 23.1 Å². The van der Waals surface area contributed by atoms with Gasteiger partial charge in [-0.05, 0) is 31.0 Å². The fourth-order valence-corrected chi connectivity index (χ4v) is 4.94. The van der Waals surface area contributed by atoms with Gasteiger partial charge < -0.3 is 10.4 Å². The highest BCUT2D eigenvalue weighted by atomic mass is 35.5. The molecule has 120 valence electrons. The summed E-state index contributed by atoms with van der Waals surface area (Å²) in [7, 11) is -3.77. The second kappa shape index (κ2) is 5.35. The molecule has 2 heterocycles. The average molecular weight is 365 g/mol. The molecular formula is C13H14Cl2N2O4S. The van der Waals surface area contributed by atoms with E-state index in [1.165, 1.54) is 22.5 Å². The molecule has 0 saturated carbocycles. The Labute approximate surface area is 138 Å². The van der Waals surface area contributed by atoms with Gasteiger partial charge in [-0.25, -0.2) is 8.42 Å². The largest absolute Gasteiger partial charge is 0.395 e. The molecule has 1 atom stereocenters. The number of nitrogens with zero attached hydrogens (tertiary/aromatic N) is 1. The smallest absolute Gasteiger partial charge is 0.265 e. The van der Waals surface area contributed by atoms with Crippen LogP contribution in [0.25, 0.3) is 0 Å². The first-order valence-corrected chi connectivity index (χ1v) is 8.94. The van der Waals surface area contributed by atoms with Gasteiger partial charge in [0.1, 0.15) is 0 Å². The van der Waals surface area contributed by atoms with Crippen LogP contribution in [0, 0.1) is 0 Å². The summed E-state index contributed by atoms with van der Waals surface area (Å²) in [6.07, 6.45) is 1.32. The molecule has 22 heavy (non-hydrogen) atoms.